The van der Waals surface area contributed by atoms with Crippen molar-refractivity contribution in [2.24, 2.45) is 0 Å². The van der Waals surface area contributed by atoms with Gasteiger partial charge in [0.15, 0.2) is 5.79 Å². The van der Waals surface area contributed by atoms with E-state index in [1.54, 1.807) is 6.92 Å². The molecule has 0 bridgehead atoms. The number of alkyl carbamates (subject to hydrolysis) is 1. The minimum absolute atomic E-state index is 0.0940. The van der Waals surface area contributed by atoms with Gasteiger partial charge in [-0.3, -0.25) is 0 Å². The number of carbonyl (C=O) groups is 1. The lowest BCUT2D eigenvalue weighted by Gasteiger charge is -2.30. The van der Waals surface area contributed by atoms with E-state index in [4.69, 9.17) is 18.9 Å². The van der Waals surface area contributed by atoms with E-state index < -0.39 is 17.5 Å². The lowest BCUT2D eigenvalue weighted by Crippen LogP contribution is -2.37. The van der Waals surface area contributed by atoms with Gasteiger partial charge in [-0.05, 0) is 39.8 Å². The number of benzene rings is 1. The molecule has 1 fully saturated rings. The van der Waals surface area contributed by atoms with Crippen molar-refractivity contribution < 1.29 is 28.8 Å². The third kappa shape index (κ3) is 5.59. The van der Waals surface area contributed by atoms with Gasteiger partial charge < -0.3 is 29.4 Å². The minimum atomic E-state index is -0.999. The van der Waals surface area contributed by atoms with Crippen molar-refractivity contribution in [1.82, 2.24) is 5.32 Å². The average molecular weight is 367 g/mol. The van der Waals surface area contributed by atoms with Crippen LogP contribution in [-0.4, -0.2) is 49.3 Å². The number of aliphatic hydroxyl groups is 1. The molecule has 146 valence electrons. The van der Waals surface area contributed by atoms with Crippen LogP contribution < -0.4 is 10.1 Å². The minimum Gasteiger partial charge on any atom is -0.488 e. The van der Waals surface area contributed by atoms with Gasteiger partial charge in [0.05, 0.1) is 25.4 Å². The van der Waals surface area contributed by atoms with Crippen molar-refractivity contribution in [2.75, 3.05) is 26.4 Å². The maximum atomic E-state index is 11.9. The molecule has 2 N–H and O–H groups in total. The standard InChI is InChI=1S/C19H29NO6/c1-14(13-21)25-16-8-6-5-7-15(16)19(23-11-12-24-19)9-10-20-17(22)26-18(2,3)4/h5-8,14,21H,9-13H2,1-4H3,(H,20,22)/t14-/m1/s1. The summed E-state index contributed by atoms with van der Waals surface area (Å²) < 4.78 is 22.9. The highest BCUT2D eigenvalue weighted by Crippen LogP contribution is 2.40. The molecule has 0 spiro atoms. The molecule has 1 heterocycles. The molecule has 1 aromatic carbocycles. The third-order valence-electron chi connectivity index (χ3n) is 3.76. The Bertz CT molecular complexity index is 592. The van der Waals surface area contributed by atoms with Crippen LogP contribution in [-0.2, 0) is 20.0 Å². The second-order valence-electron chi connectivity index (χ2n) is 7.24. The number of nitrogens with one attached hydrogen (secondary N) is 1. The summed E-state index contributed by atoms with van der Waals surface area (Å²) in [6.07, 6.45) is -0.432. The first-order valence-corrected chi connectivity index (χ1v) is 8.87. The van der Waals surface area contributed by atoms with Crippen LogP contribution in [0.3, 0.4) is 0 Å². The summed E-state index contributed by atoms with van der Waals surface area (Å²) in [5.74, 6) is -0.408. The SMILES string of the molecule is C[C@H](CO)Oc1ccccc1C1(CCNC(=O)OC(C)(C)C)OCCO1. The number of hydrogen-bond donors (Lipinski definition) is 2. The zero-order chi connectivity index (χ0) is 19.2. The monoisotopic (exact) mass is 367 g/mol. The normalized spacial score (nSPS) is 17.6. The summed E-state index contributed by atoms with van der Waals surface area (Å²) in [5, 5.41) is 12.0. The smallest absolute Gasteiger partial charge is 0.407 e. The Morgan fingerprint density at radius 2 is 1.96 bits per heavy atom. The number of para-hydroxylation sites is 1. The Morgan fingerprint density at radius 3 is 2.58 bits per heavy atom. The Hall–Kier alpha value is -1.83. The van der Waals surface area contributed by atoms with Crippen molar-refractivity contribution in [3.05, 3.63) is 29.8 Å². The number of carbonyl (C=O) groups excluding carboxylic acids is 1. The highest BCUT2D eigenvalue weighted by Gasteiger charge is 2.40. The van der Waals surface area contributed by atoms with Gasteiger partial charge in [-0.2, -0.15) is 0 Å². The molecular formula is C19H29NO6. The Kier molecular flexibility index (Phi) is 6.86. The lowest BCUT2D eigenvalue weighted by atomic mass is 10.0. The quantitative estimate of drug-likeness (QED) is 0.770. The van der Waals surface area contributed by atoms with Crippen LogP contribution in [0.4, 0.5) is 4.79 Å². The van der Waals surface area contributed by atoms with E-state index in [0.717, 1.165) is 5.56 Å². The van der Waals surface area contributed by atoms with Gasteiger partial charge in [-0.15, -0.1) is 0 Å². The highest BCUT2D eigenvalue weighted by atomic mass is 16.7. The molecule has 1 atom stereocenters. The van der Waals surface area contributed by atoms with E-state index in [9.17, 15) is 9.90 Å². The molecule has 0 aromatic heterocycles. The van der Waals surface area contributed by atoms with Gasteiger partial charge in [0.1, 0.15) is 17.5 Å². The molecular weight excluding hydrogens is 338 g/mol. The molecule has 1 saturated heterocycles. The fraction of sp³-hybridized carbons (Fsp3) is 0.632. The summed E-state index contributed by atoms with van der Waals surface area (Å²) >= 11 is 0. The van der Waals surface area contributed by atoms with Crippen LogP contribution in [0.15, 0.2) is 24.3 Å². The van der Waals surface area contributed by atoms with Gasteiger partial charge in [-0.1, -0.05) is 12.1 Å². The predicted octanol–water partition coefficient (Wildman–Crippen LogP) is 2.56. The summed E-state index contributed by atoms with van der Waals surface area (Å²) in [7, 11) is 0. The number of hydrogen-bond acceptors (Lipinski definition) is 6. The molecule has 7 heteroatoms. The van der Waals surface area contributed by atoms with Crippen LogP contribution in [0, 0.1) is 0 Å². The number of aliphatic hydroxyl groups excluding tert-OH is 1. The summed E-state index contributed by atoms with van der Waals surface area (Å²) in [4.78, 5) is 11.9. The summed E-state index contributed by atoms with van der Waals surface area (Å²) in [6.45, 7) is 8.35. The molecule has 1 aromatic rings. The zero-order valence-electron chi connectivity index (χ0n) is 15.9. The molecule has 0 unspecified atom stereocenters. The van der Waals surface area contributed by atoms with Gasteiger partial charge in [0.25, 0.3) is 0 Å². The first kappa shape index (κ1) is 20.5. The summed E-state index contributed by atoms with van der Waals surface area (Å²) in [5.41, 5.74) is 0.187. The summed E-state index contributed by atoms with van der Waals surface area (Å²) in [6, 6.07) is 7.41. The first-order chi connectivity index (χ1) is 12.3. The predicted molar refractivity (Wildman–Crippen MR) is 96.1 cm³/mol. The van der Waals surface area contributed by atoms with Crippen LogP contribution in [0.2, 0.25) is 0 Å². The maximum Gasteiger partial charge on any atom is 0.407 e. The average Bonchev–Trinajstić information content (AvgIpc) is 3.03. The van der Waals surface area contributed by atoms with E-state index in [-0.39, 0.29) is 12.7 Å². The molecule has 0 aliphatic carbocycles. The van der Waals surface area contributed by atoms with Gasteiger partial charge in [0, 0.05) is 13.0 Å². The Morgan fingerprint density at radius 1 is 1.31 bits per heavy atom. The fourth-order valence-electron chi connectivity index (χ4n) is 2.67. The van der Waals surface area contributed by atoms with Gasteiger partial charge >= 0.3 is 6.09 Å². The molecule has 26 heavy (non-hydrogen) atoms. The Balaban J connectivity index is 2.09. The van der Waals surface area contributed by atoms with Crippen LogP contribution in [0.5, 0.6) is 5.75 Å². The number of ether oxygens (including phenoxy) is 4. The Labute approximate surface area is 154 Å². The highest BCUT2D eigenvalue weighted by molar-refractivity contribution is 5.67. The molecule has 7 nitrogen and oxygen atoms in total. The van der Waals surface area contributed by atoms with Crippen molar-refractivity contribution in [3.8, 4) is 5.75 Å². The maximum absolute atomic E-state index is 11.9. The second kappa shape index (κ2) is 8.70. The lowest BCUT2D eigenvalue weighted by molar-refractivity contribution is -0.171. The van der Waals surface area contributed by atoms with E-state index >= 15 is 0 Å². The van der Waals surface area contributed by atoms with Crippen LogP contribution >= 0.6 is 0 Å². The van der Waals surface area contributed by atoms with Crippen LogP contribution in [0.25, 0.3) is 0 Å². The van der Waals surface area contributed by atoms with Crippen molar-refractivity contribution in [2.45, 2.75) is 51.6 Å². The van der Waals surface area contributed by atoms with E-state index in [1.807, 2.05) is 45.0 Å². The van der Waals surface area contributed by atoms with Crippen molar-refractivity contribution in [1.29, 1.82) is 0 Å². The molecule has 2 rings (SSSR count). The van der Waals surface area contributed by atoms with E-state index in [2.05, 4.69) is 5.32 Å². The molecule has 1 amide bonds. The van der Waals surface area contributed by atoms with E-state index in [0.29, 0.717) is 31.9 Å². The fourth-order valence-corrected chi connectivity index (χ4v) is 2.67. The number of amides is 1. The molecule has 1 aliphatic heterocycles. The van der Waals surface area contributed by atoms with Gasteiger partial charge in [0.2, 0.25) is 0 Å². The first-order valence-electron chi connectivity index (χ1n) is 8.87. The largest absolute Gasteiger partial charge is 0.488 e. The second-order valence-corrected chi connectivity index (χ2v) is 7.24. The van der Waals surface area contributed by atoms with E-state index in [1.165, 1.54) is 0 Å². The zero-order valence-corrected chi connectivity index (χ0v) is 15.9. The van der Waals surface area contributed by atoms with Gasteiger partial charge in [-0.25, -0.2) is 4.79 Å². The van der Waals surface area contributed by atoms with Crippen LogP contribution in [0.1, 0.15) is 39.7 Å². The molecule has 1 aliphatic rings. The number of rotatable bonds is 7. The topological polar surface area (TPSA) is 86.3 Å². The molecule has 0 saturated carbocycles. The van der Waals surface area contributed by atoms with Crippen molar-refractivity contribution in [3.63, 3.8) is 0 Å². The molecule has 0 radical (unpaired) electrons. The van der Waals surface area contributed by atoms with Crippen molar-refractivity contribution >= 4 is 6.09 Å². The third-order valence-corrected chi connectivity index (χ3v) is 3.76.